The van der Waals surface area contributed by atoms with Crippen molar-refractivity contribution in [3.63, 3.8) is 0 Å². The number of aliphatic imine (C=N–C) groups is 1. The van der Waals surface area contributed by atoms with Crippen molar-refractivity contribution in [2.75, 3.05) is 13.6 Å². The van der Waals surface area contributed by atoms with Gasteiger partial charge in [0.25, 0.3) is 0 Å². The van der Waals surface area contributed by atoms with Crippen LogP contribution in [0, 0.1) is 18.2 Å². The van der Waals surface area contributed by atoms with Gasteiger partial charge in [0.1, 0.15) is 5.82 Å². The molecule has 0 aliphatic carbocycles. The number of hydrogen-bond donors (Lipinski definition) is 2. The van der Waals surface area contributed by atoms with Crippen LogP contribution in [-0.4, -0.2) is 19.6 Å². The predicted molar refractivity (Wildman–Crippen MR) is 78.8 cm³/mol. The van der Waals surface area contributed by atoms with E-state index in [1.807, 2.05) is 0 Å². The molecule has 0 atom stereocenters. The van der Waals surface area contributed by atoms with E-state index in [-0.39, 0.29) is 29.8 Å². The van der Waals surface area contributed by atoms with Crippen molar-refractivity contribution in [1.29, 1.82) is 0 Å². The summed E-state index contributed by atoms with van der Waals surface area (Å²) in [5.41, 5.74) is 0.589. The Balaban J connectivity index is 0.00000256. The second-order valence-electron chi connectivity index (χ2n) is 3.07. The Morgan fingerprint density at radius 2 is 2.12 bits per heavy atom. The van der Waals surface area contributed by atoms with Gasteiger partial charge in [-0.1, -0.05) is 24.1 Å². The van der Waals surface area contributed by atoms with E-state index in [2.05, 4.69) is 21.5 Å². The zero-order chi connectivity index (χ0) is 11.8. The summed E-state index contributed by atoms with van der Waals surface area (Å²) in [5, 5.41) is 5.85. The van der Waals surface area contributed by atoms with E-state index < -0.39 is 0 Å². The minimum absolute atomic E-state index is 0. The molecule has 0 heterocycles. The van der Waals surface area contributed by atoms with E-state index in [9.17, 15) is 4.39 Å². The third-order valence-electron chi connectivity index (χ3n) is 1.99. The van der Waals surface area contributed by atoms with Crippen molar-refractivity contribution in [2.45, 2.75) is 6.54 Å². The molecule has 0 unspecified atom stereocenters. The van der Waals surface area contributed by atoms with Gasteiger partial charge < -0.3 is 10.6 Å². The SMILES string of the molecule is C#CCNC(=NC)NCc1ccccc1F.I. The molecule has 17 heavy (non-hydrogen) atoms. The molecule has 1 aromatic rings. The first kappa shape index (κ1) is 15.7. The molecule has 0 spiro atoms. The summed E-state index contributed by atoms with van der Waals surface area (Å²) in [6, 6.07) is 6.59. The van der Waals surface area contributed by atoms with Gasteiger partial charge in [-0.3, -0.25) is 4.99 Å². The molecule has 0 fully saturated rings. The fourth-order valence-electron chi connectivity index (χ4n) is 1.18. The summed E-state index contributed by atoms with van der Waals surface area (Å²) in [5.74, 6) is 2.76. The van der Waals surface area contributed by atoms with Crippen LogP contribution in [0.4, 0.5) is 4.39 Å². The largest absolute Gasteiger partial charge is 0.352 e. The van der Waals surface area contributed by atoms with Gasteiger partial charge in [0.2, 0.25) is 0 Å². The molecule has 1 aromatic carbocycles. The van der Waals surface area contributed by atoms with E-state index >= 15 is 0 Å². The normalized spacial score (nSPS) is 10.1. The lowest BCUT2D eigenvalue weighted by molar-refractivity contribution is 0.605. The van der Waals surface area contributed by atoms with Gasteiger partial charge in [0.15, 0.2) is 5.96 Å². The van der Waals surface area contributed by atoms with Gasteiger partial charge in [-0.05, 0) is 6.07 Å². The van der Waals surface area contributed by atoms with Crippen LogP contribution in [-0.2, 0) is 6.54 Å². The molecular weight excluding hydrogens is 332 g/mol. The van der Waals surface area contributed by atoms with E-state index in [1.54, 1.807) is 25.2 Å². The molecule has 0 saturated heterocycles. The van der Waals surface area contributed by atoms with Crippen LogP contribution in [0.1, 0.15) is 5.56 Å². The minimum atomic E-state index is -0.234. The van der Waals surface area contributed by atoms with Crippen molar-refractivity contribution in [3.8, 4) is 12.3 Å². The van der Waals surface area contributed by atoms with Crippen LogP contribution < -0.4 is 10.6 Å². The quantitative estimate of drug-likeness (QED) is 0.378. The highest BCUT2D eigenvalue weighted by atomic mass is 127. The average Bonchev–Trinajstić information content (AvgIpc) is 2.31. The van der Waals surface area contributed by atoms with Crippen LogP contribution >= 0.6 is 24.0 Å². The molecule has 1 rings (SSSR count). The molecular formula is C12H15FIN3. The molecule has 0 bridgehead atoms. The molecule has 92 valence electrons. The van der Waals surface area contributed by atoms with E-state index in [1.165, 1.54) is 6.07 Å². The molecule has 0 aliphatic rings. The van der Waals surface area contributed by atoms with Crippen molar-refractivity contribution in [3.05, 3.63) is 35.6 Å². The lowest BCUT2D eigenvalue weighted by atomic mass is 10.2. The minimum Gasteiger partial charge on any atom is -0.352 e. The summed E-state index contributed by atoms with van der Waals surface area (Å²) in [6.45, 7) is 0.758. The lowest BCUT2D eigenvalue weighted by Gasteiger charge is -2.10. The fourth-order valence-corrected chi connectivity index (χ4v) is 1.18. The zero-order valence-electron chi connectivity index (χ0n) is 9.53. The molecule has 0 radical (unpaired) electrons. The Morgan fingerprint density at radius 3 is 2.71 bits per heavy atom. The molecule has 0 aliphatic heterocycles. The summed E-state index contributed by atoms with van der Waals surface area (Å²) >= 11 is 0. The van der Waals surface area contributed by atoms with Gasteiger partial charge in [-0.2, -0.15) is 0 Å². The molecule has 5 heteroatoms. The highest BCUT2D eigenvalue weighted by Gasteiger charge is 2.01. The van der Waals surface area contributed by atoms with E-state index in [0.717, 1.165) is 0 Å². The first-order valence-corrected chi connectivity index (χ1v) is 4.89. The third-order valence-corrected chi connectivity index (χ3v) is 1.99. The van der Waals surface area contributed by atoms with Gasteiger partial charge in [0, 0.05) is 19.2 Å². The monoisotopic (exact) mass is 347 g/mol. The first-order valence-electron chi connectivity index (χ1n) is 4.89. The second-order valence-corrected chi connectivity index (χ2v) is 3.07. The van der Waals surface area contributed by atoms with E-state index in [4.69, 9.17) is 6.42 Å². The second kappa shape index (κ2) is 8.82. The van der Waals surface area contributed by atoms with Crippen LogP contribution in [0.15, 0.2) is 29.3 Å². The Hall–Kier alpha value is -1.29. The standard InChI is InChI=1S/C12H14FN3.HI/c1-3-8-15-12(14-2)16-9-10-6-4-5-7-11(10)13;/h1,4-7H,8-9H2,2H3,(H2,14,15,16);1H. The Morgan fingerprint density at radius 1 is 1.41 bits per heavy atom. The highest BCUT2D eigenvalue weighted by molar-refractivity contribution is 14.0. The van der Waals surface area contributed by atoms with Crippen molar-refractivity contribution in [1.82, 2.24) is 10.6 Å². The maximum atomic E-state index is 13.3. The zero-order valence-corrected chi connectivity index (χ0v) is 11.9. The van der Waals surface area contributed by atoms with Gasteiger partial charge >= 0.3 is 0 Å². The van der Waals surface area contributed by atoms with Crippen molar-refractivity contribution in [2.24, 2.45) is 4.99 Å². The maximum Gasteiger partial charge on any atom is 0.192 e. The van der Waals surface area contributed by atoms with Gasteiger partial charge in [0.05, 0.1) is 6.54 Å². The first-order chi connectivity index (χ1) is 7.77. The molecule has 0 amide bonds. The van der Waals surface area contributed by atoms with Crippen LogP contribution in [0.2, 0.25) is 0 Å². The van der Waals surface area contributed by atoms with Crippen molar-refractivity contribution >= 4 is 29.9 Å². The maximum absolute atomic E-state index is 13.3. The molecule has 2 N–H and O–H groups in total. The van der Waals surface area contributed by atoms with E-state index in [0.29, 0.717) is 24.6 Å². The molecule has 0 saturated carbocycles. The summed E-state index contributed by atoms with van der Waals surface area (Å²) in [4.78, 5) is 3.95. The Labute approximate surface area is 118 Å². The lowest BCUT2D eigenvalue weighted by Crippen LogP contribution is -2.37. The number of nitrogens with zero attached hydrogens (tertiary/aromatic N) is 1. The van der Waals surface area contributed by atoms with Crippen LogP contribution in [0.3, 0.4) is 0 Å². The molecule has 3 nitrogen and oxygen atoms in total. The van der Waals surface area contributed by atoms with Crippen LogP contribution in [0.5, 0.6) is 0 Å². The number of benzene rings is 1. The Kier molecular flexibility index (Phi) is 8.15. The number of halogens is 2. The predicted octanol–water partition coefficient (Wildman–Crippen LogP) is 1.74. The van der Waals surface area contributed by atoms with Gasteiger partial charge in [-0.15, -0.1) is 30.4 Å². The average molecular weight is 347 g/mol. The van der Waals surface area contributed by atoms with Crippen LogP contribution in [0.25, 0.3) is 0 Å². The molecule has 0 aromatic heterocycles. The highest BCUT2D eigenvalue weighted by Crippen LogP contribution is 2.04. The summed E-state index contributed by atoms with van der Waals surface area (Å²) in [7, 11) is 1.63. The number of hydrogen-bond acceptors (Lipinski definition) is 1. The number of guanidine groups is 1. The number of rotatable bonds is 3. The topological polar surface area (TPSA) is 36.4 Å². The smallest absolute Gasteiger partial charge is 0.192 e. The Bertz CT molecular complexity index is 412. The number of terminal acetylenes is 1. The third kappa shape index (κ3) is 5.54. The fraction of sp³-hybridized carbons (Fsp3) is 0.250. The van der Waals surface area contributed by atoms with Gasteiger partial charge in [-0.25, -0.2) is 4.39 Å². The van der Waals surface area contributed by atoms with Crippen molar-refractivity contribution < 1.29 is 4.39 Å². The summed E-state index contributed by atoms with van der Waals surface area (Å²) in [6.07, 6.45) is 5.11. The number of nitrogens with one attached hydrogen (secondary N) is 2. The summed E-state index contributed by atoms with van der Waals surface area (Å²) < 4.78 is 13.3.